The predicted molar refractivity (Wildman–Crippen MR) is 94.2 cm³/mol. The molecule has 0 radical (unpaired) electrons. The smallest absolute Gasteiger partial charge is 0.251 e. The summed E-state index contributed by atoms with van der Waals surface area (Å²) in [6, 6.07) is 9.87. The fraction of sp³-hybridized carbons (Fsp3) is 0.250. The first-order chi connectivity index (χ1) is 12.1. The van der Waals surface area contributed by atoms with Gasteiger partial charge in [0.05, 0.1) is 6.04 Å². The number of carbonyl (C=O) groups excluding carboxylic acids is 1. The summed E-state index contributed by atoms with van der Waals surface area (Å²) in [5, 5.41) is 3.14. The summed E-state index contributed by atoms with van der Waals surface area (Å²) in [5.74, 6) is 0.604. The minimum atomic E-state index is -0.0560. The number of oxazole rings is 1. The molecule has 3 aromatic rings. The number of rotatable bonds is 3. The van der Waals surface area contributed by atoms with E-state index in [2.05, 4.69) is 27.4 Å². The molecule has 25 heavy (non-hydrogen) atoms. The SMILES string of the molecule is Cc1cc(C(=O)NC2CCc3cc(-c4coc(C)n4)ccc32)ccn1. The molecule has 1 N–H and O–H groups in total. The summed E-state index contributed by atoms with van der Waals surface area (Å²) in [7, 11) is 0. The number of aryl methyl sites for hydroxylation is 3. The number of nitrogens with zero attached hydrogens (tertiary/aromatic N) is 2. The van der Waals surface area contributed by atoms with Gasteiger partial charge in [-0.2, -0.15) is 0 Å². The lowest BCUT2D eigenvalue weighted by Crippen LogP contribution is -2.27. The lowest BCUT2D eigenvalue weighted by Gasteiger charge is -2.14. The van der Waals surface area contributed by atoms with Gasteiger partial charge < -0.3 is 9.73 Å². The maximum Gasteiger partial charge on any atom is 0.251 e. The van der Waals surface area contributed by atoms with Gasteiger partial charge in [0, 0.05) is 29.9 Å². The maximum absolute atomic E-state index is 12.5. The first-order valence-corrected chi connectivity index (χ1v) is 8.39. The predicted octanol–water partition coefficient (Wildman–Crippen LogP) is 3.77. The van der Waals surface area contributed by atoms with E-state index in [1.165, 1.54) is 11.1 Å². The number of amides is 1. The van der Waals surface area contributed by atoms with Crippen LogP contribution in [0.4, 0.5) is 0 Å². The maximum atomic E-state index is 12.5. The largest absolute Gasteiger partial charge is 0.449 e. The van der Waals surface area contributed by atoms with Crippen LogP contribution in [0.1, 0.15) is 45.5 Å². The highest BCUT2D eigenvalue weighted by atomic mass is 16.3. The average molecular weight is 333 g/mol. The molecule has 4 rings (SSSR count). The Morgan fingerprint density at radius 2 is 2.12 bits per heavy atom. The number of fused-ring (bicyclic) bond motifs is 1. The summed E-state index contributed by atoms with van der Waals surface area (Å²) in [6.45, 7) is 3.72. The van der Waals surface area contributed by atoms with Crippen LogP contribution in [0.2, 0.25) is 0 Å². The Morgan fingerprint density at radius 3 is 2.88 bits per heavy atom. The molecule has 1 unspecified atom stereocenters. The van der Waals surface area contributed by atoms with Crippen LogP contribution in [-0.2, 0) is 6.42 Å². The Kier molecular flexibility index (Phi) is 3.84. The van der Waals surface area contributed by atoms with Gasteiger partial charge in [-0.05, 0) is 49.1 Å². The highest BCUT2D eigenvalue weighted by Crippen LogP contribution is 2.34. The standard InChI is InChI=1S/C20H19N3O2/c1-12-9-16(7-8-21-12)20(24)23-18-6-4-14-10-15(3-5-17(14)18)19-11-25-13(2)22-19/h3,5,7-11,18H,4,6H2,1-2H3,(H,23,24). The Bertz CT molecular complexity index is 946. The molecule has 2 aromatic heterocycles. The van der Waals surface area contributed by atoms with Gasteiger partial charge in [0.25, 0.3) is 5.91 Å². The minimum absolute atomic E-state index is 0.0454. The molecule has 5 nitrogen and oxygen atoms in total. The molecule has 1 amide bonds. The van der Waals surface area contributed by atoms with Crippen LogP contribution in [0, 0.1) is 13.8 Å². The van der Waals surface area contributed by atoms with Crippen molar-refractivity contribution in [3.05, 3.63) is 71.1 Å². The Balaban J connectivity index is 1.55. The molecule has 0 spiro atoms. The molecule has 0 saturated heterocycles. The number of benzene rings is 1. The number of pyridine rings is 1. The van der Waals surface area contributed by atoms with Crippen LogP contribution < -0.4 is 5.32 Å². The lowest BCUT2D eigenvalue weighted by molar-refractivity contribution is 0.0936. The average Bonchev–Trinajstić information content (AvgIpc) is 3.21. The summed E-state index contributed by atoms with van der Waals surface area (Å²) in [4.78, 5) is 21.0. The molecule has 5 heteroatoms. The lowest BCUT2D eigenvalue weighted by atomic mass is 10.0. The molecule has 1 aliphatic rings. The van der Waals surface area contributed by atoms with Crippen LogP contribution in [0.5, 0.6) is 0 Å². The van der Waals surface area contributed by atoms with Gasteiger partial charge in [-0.25, -0.2) is 4.98 Å². The van der Waals surface area contributed by atoms with Gasteiger partial charge in [-0.3, -0.25) is 9.78 Å². The van der Waals surface area contributed by atoms with E-state index in [0.29, 0.717) is 11.5 Å². The molecule has 1 aromatic carbocycles. The van der Waals surface area contributed by atoms with Crippen molar-refractivity contribution in [1.29, 1.82) is 0 Å². The Hall–Kier alpha value is -2.95. The summed E-state index contributed by atoms with van der Waals surface area (Å²) in [5.41, 5.74) is 5.83. The van der Waals surface area contributed by atoms with E-state index in [-0.39, 0.29) is 11.9 Å². The number of nitrogens with one attached hydrogen (secondary N) is 1. The second-order valence-corrected chi connectivity index (χ2v) is 6.42. The zero-order chi connectivity index (χ0) is 17.4. The fourth-order valence-electron chi connectivity index (χ4n) is 3.35. The highest BCUT2D eigenvalue weighted by molar-refractivity contribution is 5.94. The van der Waals surface area contributed by atoms with Crippen molar-refractivity contribution in [1.82, 2.24) is 15.3 Å². The van der Waals surface area contributed by atoms with Gasteiger partial charge in [0.15, 0.2) is 5.89 Å². The molecular weight excluding hydrogens is 314 g/mol. The van der Waals surface area contributed by atoms with E-state index in [1.54, 1.807) is 24.6 Å². The molecule has 0 fully saturated rings. The molecule has 1 atom stereocenters. The number of carbonyl (C=O) groups is 1. The number of aromatic nitrogens is 2. The van der Waals surface area contributed by atoms with Crippen molar-refractivity contribution >= 4 is 5.91 Å². The van der Waals surface area contributed by atoms with Crippen molar-refractivity contribution in [2.45, 2.75) is 32.7 Å². The Morgan fingerprint density at radius 1 is 1.24 bits per heavy atom. The van der Waals surface area contributed by atoms with Crippen LogP contribution in [0.25, 0.3) is 11.3 Å². The van der Waals surface area contributed by atoms with Gasteiger partial charge in [0.1, 0.15) is 12.0 Å². The Labute approximate surface area is 146 Å². The first kappa shape index (κ1) is 15.6. The fourth-order valence-corrected chi connectivity index (χ4v) is 3.35. The summed E-state index contributed by atoms with van der Waals surface area (Å²) < 4.78 is 5.30. The third-order valence-corrected chi connectivity index (χ3v) is 4.60. The van der Waals surface area contributed by atoms with E-state index >= 15 is 0 Å². The highest BCUT2D eigenvalue weighted by Gasteiger charge is 2.25. The topological polar surface area (TPSA) is 68.0 Å². The van der Waals surface area contributed by atoms with Gasteiger partial charge in [-0.15, -0.1) is 0 Å². The third-order valence-electron chi connectivity index (χ3n) is 4.60. The molecule has 126 valence electrons. The number of hydrogen-bond donors (Lipinski definition) is 1. The normalized spacial score (nSPS) is 15.8. The van der Waals surface area contributed by atoms with Gasteiger partial charge >= 0.3 is 0 Å². The second kappa shape index (κ2) is 6.16. The molecule has 1 aliphatic carbocycles. The van der Waals surface area contributed by atoms with E-state index in [4.69, 9.17) is 4.42 Å². The van der Waals surface area contributed by atoms with Gasteiger partial charge in [0.2, 0.25) is 0 Å². The third kappa shape index (κ3) is 3.05. The zero-order valence-electron chi connectivity index (χ0n) is 14.2. The van der Waals surface area contributed by atoms with E-state index in [0.717, 1.165) is 29.8 Å². The molecule has 2 heterocycles. The van der Waals surface area contributed by atoms with Crippen LogP contribution >= 0.6 is 0 Å². The van der Waals surface area contributed by atoms with Crippen molar-refractivity contribution < 1.29 is 9.21 Å². The van der Waals surface area contributed by atoms with Crippen LogP contribution in [0.3, 0.4) is 0 Å². The monoisotopic (exact) mass is 333 g/mol. The molecule has 0 aliphatic heterocycles. The van der Waals surface area contributed by atoms with E-state index in [1.807, 2.05) is 19.9 Å². The number of hydrogen-bond acceptors (Lipinski definition) is 4. The van der Waals surface area contributed by atoms with Gasteiger partial charge in [-0.1, -0.05) is 12.1 Å². The van der Waals surface area contributed by atoms with Crippen molar-refractivity contribution in [2.24, 2.45) is 0 Å². The quantitative estimate of drug-likeness (QED) is 0.792. The molecular formula is C20H19N3O2. The van der Waals surface area contributed by atoms with E-state index < -0.39 is 0 Å². The van der Waals surface area contributed by atoms with Crippen LogP contribution in [-0.4, -0.2) is 15.9 Å². The zero-order valence-corrected chi connectivity index (χ0v) is 14.2. The van der Waals surface area contributed by atoms with Crippen LogP contribution in [0.15, 0.2) is 47.2 Å². The summed E-state index contributed by atoms with van der Waals surface area (Å²) in [6.07, 6.45) is 5.20. The van der Waals surface area contributed by atoms with Crippen molar-refractivity contribution in [3.63, 3.8) is 0 Å². The molecule has 0 bridgehead atoms. The second-order valence-electron chi connectivity index (χ2n) is 6.42. The summed E-state index contributed by atoms with van der Waals surface area (Å²) >= 11 is 0. The molecule has 0 saturated carbocycles. The first-order valence-electron chi connectivity index (χ1n) is 8.39. The van der Waals surface area contributed by atoms with Crippen molar-refractivity contribution in [2.75, 3.05) is 0 Å². The van der Waals surface area contributed by atoms with Crippen molar-refractivity contribution in [3.8, 4) is 11.3 Å². The minimum Gasteiger partial charge on any atom is -0.449 e. The van der Waals surface area contributed by atoms with E-state index in [9.17, 15) is 4.79 Å².